The van der Waals surface area contributed by atoms with Gasteiger partial charge >= 0.3 is 5.97 Å². The van der Waals surface area contributed by atoms with Gasteiger partial charge in [0, 0.05) is 16.5 Å². The molecule has 2 aromatic rings. The summed E-state index contributed by atoms with van der Waals surface area (Å²) in [5, 5.41) is 10.1. The predicted octanol–water partition coefficient (Wildman–Crippen LogP) is 3.84. The number of fused-ring (bicyclic) bond motifs is 1. The largest absolute Gasteiger partial charge is 0.478 e. The number of rotatable bonds is 2. The number of aliphatic carboxylic acids is 1. The zero-order valence-electron chi connectivity index (χ0n) is 7.91. The van der Waals surface area contributed by atoms with Crippen LogP contribution in [0.15, 0.2) is 28.7 Å². The Morgan fingerprint density at radius 3 is 2.75 bits per heavy atom. The van der Waals surface area contributed by atoms with E-state index in [0.29, 0.717) is 21.4 Å². The van der Waals surface area contributed by atoms with Crippen LogP contribution >= 0.6 is 23.2 Å². The van der Waals surface area contributed by atoms with E-state index in [-0.39, 0.29) is 0 Å². The van der Waals surface area contributed by atoms with Crippen molar-refractivity contribution in [2.24, 2.45) is 0 Å². The number of carboxylic acid groups (broad SMARTS) is 1. The molecule has 0 saturated carbocycles. The standard InChI is InChI=1S/C11H6Cl2O3/c12-7-3-6-4-8(1-2-10(14)15)16-11(6)9(13)5-7/h1-5H,(H,14,15). The quantitative estimate of drug-likeness (QED) is 0.831. The summed E-state index contributed by atoms with van der Waals surface area (Å²) in [5.41, 5.74) is 0.496. The van der Waals surface area contributed by atoms with Crippen molar-refractivity contribution in [3.63, 3.8) is 0 Å². The highest BCUT2D eigenvalue weighted by molar-refractivity contribution is 6.38. The van der Waals surface area contributed by atoms with Crippen LogP contribution in [-0.2, 0) is 4.79 Å². The van der Waals surface area contributed by atoms with Crippen LogP contribution in [-0.4, -0.2) is 11.1 Å². The molecule has 3 nitrogen and oxygen atoms in total. The molecular weight excluding hydrogens is 251 g/mol. The fourth-order valence-corrected chi connectivity index (χ4v) is 1.88. The van der Waals surface area contributed by atoms with Crippen LogP contribution in [0.4, 0.5) is 0 Å². The van der Waals surface area contributed by atoms with E-state index in [9.17, 15) is 4.79 Å². The van der Waals surface area contributed by atoms with Crippen LogP contribution in [0.25, 0.3) is 17.0 Å². The third-order valence-corrected chi connectivity index (χ3v) is 2.44. The van der Waals surface area contributed by atoms with Gasteiger partial charge in [-0.25, -0.2) is 4.79 Å². The van der Waals surface area contributed by atoms with Crippen molar-refractivity contribution in [1.29, 1.82) is 0 Å². The normalized spacial score (nSPS) is 11.4. The van der Waals surface area contributed by atoms with Gasteiger partial charge in [0.25, 0.3) is 0 Å². The van der Waals surface area contributed by atoms with Crippen molar-refractivity contribution >= 4 is 46.2 Å². The molecule has 0 radical (unpaired) electrons. The Morgan fingerprint density at radius 2 is 2.06 bits per heavy atom. The molecule has 1 aromatic heterocycles. The minimum absolute atomic E-state index is 0.400. The van der Waals surface area contributed by atoms with E-state index < -0.39 is 5.97 Å². The summed E-state index contributed by atoms with van der Waals surface area (Å²) in [6.45, 7) is 0. The first kappa shape index (κ1) is 11.0. The molecule has 0 atom stereocenters. The molecule has 0 spiro atoms. The summed E-state index contributed by atoms with van der Waals surface area (Å²) in [5.74, 6) is -0.619. The van der Waals surface area contributed by atoms with E-state index in [4.69, 9.17) is 32.7 Å². The third-order valence-electron chi connectivity index (χ3n) is 1.94. The lowest BCUT2D eigenvalue weighted by molar-refractivity contribution is -0.131. The zero-order valence-corrected chi connectivity index (χ0v) is 9.42. The van der Waals surface area contributed by atoms with E-state index in [1.807, 2.05) is 0 Å². The van der Waals surface area contributed by atoms with Gasteiger partial charge in [-0.05, 0) is 24.3 Å². The fraction of sp³-hybridized carbons (Fsp3) is 0. The number of halogens is 2. The second-order valence-electron chi connectivity index (χ2n) is 3.13. The van der Waals surface area contributed by atoms with Crippen LogP contribution in [0.5, 0.6) is 0 Å². The van der Waals surface area contributed by atoms with Crippen LogP contribution in [0.2, 0.25) is 10.0 Å². The van der Waals surface area contributed by atoms with Gasteiger partial charge in [0.15, 0.2) is 5.58 Å². The van der Waals surface area contributed by atoms with Crippen molar-refractivity contribution in [3.05, 3.63) is 40.1 Å². The maximum atomic E-state index is 10.3. The maximum Gasteiger partial charge on any atom is 0.328 e. The van der Waals surface area contributed by atoms with Gasteiger partial charge in [-0.15, -0.1) is 0 Å². The molecule has 0 aliphatic carbocycles. The Morgan fingerprint density at radius 1 is 1.31 bits per heavy atom. The number of hydrogen-bond acceptors (Lipinski definition) is 2. The van der Waals surface area contributed by atoms with Gasteiger partial charge in [-0.2, -0.15) is 0 Å². The molecule has 0 unspecified atom stereocenters. The van der Waals surface area contributed by atoms with E-state index in [0.717, 1.165) is 11.5 Å². The van der Waals surface area contributed by atoms with Crippen LogP contribution < -0.4 is 0 Å². The van der Waals surface area contributed by atoms with E-state index in [1.165, 1.54) is 6.08 Å². The molecule has 16 heavy (non-hydrogen) atoms. The van der Waals surface area contributed by atoms with Gasteiger partial charge < -0.3 is 9.52 Å². The monoisotopic (exact) mass is 256 g/mol. The topological polar surface area (TPSA) is 50.4 Å². The molecule has 5 heteroatoms. The smallest absolute Gasteiger partial charge is 0.328 e. The molecule has 82 valence electrons. The molecule has 0 aliphatic heterocycles. The van der Waals surface area contributed by atoms with Crippen molar-refractivity contribution in [2.45, 2.75) is 0 Å². The number of carboxylic acids is 1. The highest BCUT2D eigenvalue weighted by atomic mass is 35.5. The number of hydrogen-bond donors (Lipinski definition) is 1. The van der Waals surface area contributed by atoms with E-state index in [1.54, 1.807) is 18.2 Å². The predicted molar refractivity (Wildman–Crippen MR) is 62.9 cm³/mol. The van der Waals surface area contributed by atoms with Crippen LogP contribution in [0, 0.1) is 0 Å². The Balaban J connectivity index is 2.52. The van der Waals surface area contributed by atoms with Crippen LogP contribution in [0.1, 0.15) is 5.76 Å². The second kappa shape index (κ2) is 4.20. The lowest BCUT2D eigenvalue weighted by atomic mass is 10.2. The minimum atomic E-state index is -1.04. The lowest BCUT2D eigenvalue weighted by Gasteiger charge is -1.92. The summed E-state index contributed by atoms with van der Waals surface area (Å²) in [6, 6.07) is 4.94. The number of furan rings is 1. The van der Waals surface area contributed by atoms with Gasteiger partial charge in [0.05, 0.1) is 5.02 Å². The number of benzene rings is 1. The third kappa shape index (κ3) is 2.21. The molecule has 2 rings (SSSR count). The molecule has 1 N–H and O–H groups in total. The van der Waals surface area contributed by atoms with Gasteiger partial charge in [0.1, 0.15) is 5.76 Å². The summed E-state index contributed by atoms with van der Waals surface area (Å²) in [4.78, 5) is 10.3. The Kier molecular flexibility index (Phi) is 2.90. The molecular formula is C11H6Cl2O3. The number of carbonyl (C=O) groups is 1. The minimum Gasteiger partial charge on any atom is -0.478 e. The molecule has 0 amide bonds. The highest BCUT2D eigenvalue weighted by Gasteiger charge is 2.07. The van der Waals surface area contributed by atoms with Gasteiger partial charge in [-0.1, -0.05) is 23.2 Å². The van der Waals surface area contributed by atoms with E-state index >= 15 is 0 Å². The molecule has 0 bridgehead atoms. The highest BCUT2D eigenvalue weighted by Crippen LogP contribution is 2.30. The van der Waals surface area contributed by atoms with Crippen molar-refractivity contribution < 1.29 is 14.3 Å². The molecule has 0 fully saturated rings. The lowest BCUT2D eigenvalue weighted by Crippen LogP contribution is -1.84. The Labute approximate surface area is 101 Å². The first-order valence-electron chi connectivity index (χ1n) is 4.36. The average molecular weight is 257 g/mol. The van der Waals surface area contributed by atoms with E-state index in [2.05, 4.69) is 0 Å². The second-order valence-corrected chi connectivity index (χ2v) is 3.97. The fourth-order valence-electron chi connectivity index (χ4n) is 1.33. The summed E-state index contributed by atoms with van der Waals surface area (Å²) in [6.07, 6.45) is 2.35. The van der Waals surface area contributed by atoms with Crippen molar-refractivity contribution in [3.8, 4) is 0 Å². The first-order chi connectivity index (χ1) is 7.56. The Bertz CT molecular complexity index is 584. The van der Waals surface area contributed by atoms with Crippen LogP contribution in [0.3, 0.4) is 0 Å². The summed E-state index contributed by atoms with van der Waals surface area (Å²) >= 11 is 11.7. The SMILES string of the molecule is O=C(O)C=Cc1cc2cc(Cl)cc(Cl)c2o1. The molecule has 0 saturated heterocycles. The maximum absolute atomic E-state index is 10.3. The van der Waals surface area contributed by atoms with Crippen molar-refractivity contribution in [1.82, 2.24) is 0 Å². The molecule has 1 aromatic carbocycles. The average Bonchev–Trinajstić information content (AvgIpc) is 2.57. The molecule has 0 aliphatic rings. The zero-order chi connectivity index (χ0) is 11.7. The van der Waals surface area contributed by atoms with Gasteiger partial charge in [0.2, 0.25) is 0 Å². The Hall–Kier alpha value is -1.45. The first-order valence-corrected chi connectivity index (χ1v) is 5.11. The summed E-state index contributed by atoms with van der Waals surface area (Å²) in [7, 11) is 0. The van der Waals surface area contributed by atoms with Gasteiger partial charge in [-0.3, -0.25) is 0 Å². The van der Waals surface area contributed by atoms with Crippen molar-refractivity contribution in [2.75, 3.05) is 0 Å². The summed E-state index contributed by atoms with van der Waals surface area (Å²) < 4.78 is 5.36. The molecule has 1 heterocycles.